The summed E-state index contributed by atoms with van der Waals surface area (Å²) in [5.41, 5.74) is 3.44. The van der Waals surface area contributed by atoms with Crippen LogP contribution >= 0.6 is 0 Å². The molecule has 3 rings (SSSR count). The minimum Gasteiger partial charge on any atom is -0.478 e. The van der Waals surface area contributed by atoms with E-state index in [1.54, 1.807) is 18.5 Å². The van der Waals surface area contributed by atoms with Gasteiger partial charge in [0, 0.05) is 12.3 Å². The van der Waals surface area contributed by atoms with Gasteiger partial charge in [-0.05, 0) is 60.2 Å². The Morgan fingerprint density at radius 2 is 2.00 bits per heavy atom. The predicted octanol–water partition coefficient (Wildman–Crippen LogP) is 3.46. The molecule has 0 spiro atoms. The van der Waals surface area contributed by atoms with Crippen LogP contribution in [0, 0.1) is 0 Å². The Labute approximate surface area is 122 Å². The van der Waals surface area contributed by atoms with Crippen LogP contribution in [0.5, 0.6) is 11.5 Å². The quantitative estimate of drug-likeness (QED) is 0.872. The fourth-order valence-electron chi connectivity index (χ4n) is 2.50. The molecule has 4 heteroatoms. The number of fused-ring (bicyclic) bond motifs is 1. The van der Waals surface area contributed by atoms with Crippen LogP contribution in [0.2, 0.25) is 0 Å². The number of aliphatic carboxylic acids is 1. The molecule has 0 atom stereocenters. The van der Waals surface area contributed by atoms with Crippen molar-refractivity contribution in [2.75, 3.05) is 0 Å². The summed E-state index contributed by atoms with van der Waals surface area (Å²) in [6.45, 7) is 0. The number of aromatic nitrogens is 1. The zero-order valence-corrected chi connectivity index (χ0v) is 11.5. The molecule has 1 aliphatic rings. The monoisotopic (exact) mass is 281 g/mol. The maximum absolute atomic E-state index is 10.5. The van der Waals surface area contributed by atoms with Crippen LogP contribution in [0.4, 0.5) is 0 Å². The third-order valence-corrected chi connectivity index (χ3v) is 3.46. The van der Waals surface area contributed by atoms with Crippen molar-refractivity contribution in [1.29, 1.82) is 0 Å². The normalized spacial score (nSPS) is 13.3. The van der Waals surface area contributed by atoms with E-state index in [1.165, 1.54) is 23.6 Å². The maximum Gasteiger partial charge on any atom is 0.328 e. The number of carboxylic acids is 1. The van der Waals surface area contributed by atoms with E-state index in [-0.39, 0.29) is 0 Å². The van der Waals surface area contributed by atoms with Gasteiger partial charge in [-0.2, -0.15) is 0 Å². The molecule has 1 N–H and O–H groups in total. The van der Waals surface area contributed by atoms with Crippen molar-refractivity contribution in [1.82, 2.24) is 4.98 Å². The van der Waals surface area contributed by atoms with Crippen molar-refractivity contribution in [3.8, 4) is 11.5 Å². The lowest BCUT2D eigenvalue weighted by atomic mass is 10.1. The Morgan fingerprint density at radius 3 is 2.86 bits per heavy atom. The highest BCUT2D eigenvalue weighted by molar-refractivity contribution is 5.85. The van der Waals surface area contributed by atoms with Crippen molar-refractivity contribution >= 4 is 12.0 Å². The molecular weight excluding hydrogens is 266 g/mol. The highest BCUT2D eigenvalue weighted by atomic mass is 16.5. The van der Waals surface area contributed by atoms with Gasteiger partial charge in [0.1, 0.15) is 11.5 Å². The van der Waals surface area contributed by atoms with Gasteiger partial charge in [0.15, 0.2) is 0 Å². The van der Waals surface area contributed by atoms with Gasteiger partial charge in [-0.15, -0.1) is 0 Å². The molecular formula is C17H15NO3. The summed E-state index contributed by atoms with van der Waals surface area (Å²) in [4.78, 5) is 14.6. The number of hydrogen-bond acceptors (Lipinski definition) is 3. The SMILES string of the molecule is O=C(O)/C=C/c1cncc(Oc2ccc3c(c2)CCC3)c1. The fraction of sp³-hybridized carbons (Fsp3) is 0.176. The lowest BCUT2D eigenvalue weighted by Gasteiger charge is -2.08. The molecule has 0 saturated heterocycles. The van der Waals surface area contributed by atoms with E-state index >= 15 is 0 Å². The molecule has 21 heavy (non-hydrogen) atoms. The largest absolute Gasteiger partial charge is 0.478 e. The molecule has 106 valence electrons. The molecule has 1 heterocycles. The molecule has 0 aliphatic heterocycles. The number of carbonyl (C=O) groups is 1. The maximum atomic E-state index is 10.5. The van der Waals surface area contributed by atoms with Crippen LogP contribution in [0.3, 0.4) is 0 Å². The summed E-state index contributed by atoms with van der Waals surface area (Å²) in [6, 6.07) is 7.91. The number of nitrogens with zero attached hydrogens (tertiary/aromatic N) is 1. The number of pyridine rings is 1. The van der Waals surface area contributed by atoms with Gasteiger partial charge in [0.25, 0.3) is 0 Å². The zero-order valence-electron chi connectivity index (χ0n) is 11.5. The highest BCUT2D eigenvalue weighted by Gasteiger charge is 2.11. The summed E-state index contributed by atoms with van der Waals surface area (Å²) >= 11 is 0. The molecule has 0 saturated carbocycles. The van der Waals surface area contributed by atoms with Gasteiger partial charge in [0.2, 0.25) is 0 Å². The van der Waals surface area contributed by atoms with Crippen LogP contribution in [0.1, 0.15) is 23.1 Å². The Bertz CT molecular complexity index is 707. The van der Waals surface area contributed by atoms with Gasteiger partial charge in [-0.25, -0.2) is 4.79 Å². The molecule has 1 aromatic carbocycles. The highest BCUT2D eigenvalue weighted by Crippen LogP contribution is 2.29. The average molecular weight is 281 g/mol. The van der Waals surface area contributed by atoms with Crippen molar-refractivity contribution in [2.24, 2.45) is 0 Å². The van der Waals surface area contributed by atoms with Gasteiger partial charge in [0.05, 0.1) is 6.20 Å². The van der Waals surface area contributed by atoms with Crippen LogP contribution in [-0.2, 0) is 17.6 Å². The third kappa shape index (κ3) is 3.28. The molecule has 1 aromatic heterocycles. The van der Waals surface area contributed by atoms with Gasteiger partial charge < -0.3 is 9.84 Å². The summed E-state index contributed by atoms with van der Waals surface area (Å²) in [5.74, 6) is 0.400. The van der Waals surface area contributed by atoms with Crippen molar-refractivity contribution < 1.29 is 14.6 Å². The topological polar surface area (TPSA) is 59.4 Å². The molecule has 0 bridgehead atoms. The Hall–Kier alpha value is -2.62. The smallest absolute Gasteiger partial charge is 0.328 e. The van der Waals surface area contributed by atoms with Crippen molar-refractivity contribution in [3.63, 3.8) is 0 Å². The standard InChI is InChI=1S/C17H15NO3/c19-17(20)7-4-12-8-16(11-18-10-12)21-15-6-5-13-2-1-3-14(13)9-15/h4-11H,1-3H2,(H,19,20)/b7-4+. The van der Waals surface area contributed by atoms with E-state index in [1.807, 2.05) is 6.07 Å². The van der Waals surface area contributed by atoms with E-state index in [4.69, 9.17) is 9.84 Å². The number of carboxylic acid groups (broad SMARTS) is 1. The zero-order chi connectivity index (χ0) is 14.7. The van der Waals surface area contributed by atoms with Crippen LogP contribution in [0.15, 0.2) is 42.7 Å². The lowest BCUT2D eigenvalue weighted by Crippen LogP contribution is -1.90. The predicted molar refractivity (Wildman–Crippen MR) is 79.4 cm³/mol. The second kappa shape index (κ2) is 5.79. The molecule has 0 fully saturated rings. The Kier molecular flexibility index (Phi) is 3.69. The average Bonchev–Trinajstić information content (AvgIpc) is 2.93. The van der Waals surface area contributed by atoms with Crippen LogP contribution in [-0.4, -0.2) is 16.1 Å². The molecule has 0 unspecified atom stereocenters. The van der Waals surface area contributed by atoms with E-state index < -0.39 is 5.97 Å². The minimum atomic E-state index is -0.986. The lowest BCUT2D eigenvalue weighted by molar-refractivity contribution is -0.131. The first kappa shape index (κ1) is 13.4. The number of hydrogen-bond donors (Lipinski definition) is 1. The van der Waals surface area contributed by atoms with E-state index in [9.17, 15) is 4.79 Å². The van der Waals surface area contributed by atoms with Gasteiger partial charge in [-0.3, -0.25) is 4.98 Å². The molecule has 4 nitrogen and oxygen atoms in total. The Morgan fingerprint density at radius 1 is 1.14 bits per heavy atom. The number of ether oxygens (including phenoxy) is 1. The van der Waals surface area contributed by atoms with Crippen LogP contribution in [0.25, 0.3) is 6.08 Å². The summed E-state index contributed by atoms with van der Waals surface area (Å²) < 4.78 is 5.81. The molecule has 2 aromatic rings. The van der Waals surface area contributed by atoms with E-state index in [0.29, 0.717) is 11.3 Å². The number of rotatable bonds is 4. The number of aryl methyl sites for hydroxylation is 2. The first-order chi connectivity index (χ1) is 10.2. The second-order valence-corrected chi connectivity index (χ2v) is 5.01. The first-order valence-corrected chi connectivity index (χ1v) is 6.86. The fourth-order valence-corrected chi connectivity index (χ4v) is 2.50. The van der Waals surface area contributed by atoms with E-state index in [2.05, 4.69) is 17.1 Å². The molecule has 1 aliphatic carbocycles. The van der Waals surface area contributed by atoms with Crippen LogP contribution < -0.4 is 4.74 Å². The molecule has 0 radical (unpaired) electrons. The third-order valence-electron chi connectivity index (χ3n) is 3.46. The second-order valence-electron chi connectivity index (χ2n) is 5.01. The van der Waals surface area contributed by atoms with Gasteiger partial charge >= 0.3 is 5.97 Å². The summed E-state index contributed by atoms with van der Waals surface area (Å²) in [7, 11) is 0. The van der Waals surface area contributed by atoms with Crippen molar-refractivity contribution in [3.05, 3.63) is 59.4 Å². The first-order valence-electron chi connectivity index (χ1n) is 6.86. The number of benzene rings is 1. The Balaban J connectivity index is 1.78. The summed E-state index contributed by atoms with van der Waals surface area (Å²) in [5, 5.41) is 8.63. The molecule has 0 amide bonds. The van der Waals surface area contributed by atoms with E-state index in [0.717, 1.165) is 24.7 Å². The van der Waals surface area contributed by atoms with Gasteiger partial charge in [-0.1, -0.05) is 6.07 Å². The summed E-state index contributed by atoms with van der Waals surface area (Å²) in [6.07, 6.45) is 9.23. The van der Waals surface area contributed by atoms with Crippen molar-refractivity contribution in [2.45, 2.75) is 19.3 Å². The minimum absolute atomic E-state index is 0.598.